The van der Waals surface area contributed by atoms with Crippen molar-refractivity contribution in [2.24, 2.45) is 0 Å². The van der Waals surface area contributed by atoms with Crippen LogP contribution in [0.3, 0.4) is 0 Å². The van der Waals surface area contributed by atoms with E-state index < -0.39 is 0 Å². The minimum Gasteiger partial charge on any atom is -0.436 e. The van der Waals surface area contributed by atoms with Crippen LogP contribution in [0.15, 0.2) is 168 Å². The number of para-hydroxylation sites is 1. The summed E-state index contributed by atoms with van der Waals surface area (Å²) >= 11 is 1.98. The minimum absolute atomic E-state index is 0.339. The molecule has 3 heterocycles. The Balaban J connectivity index is 1.03. The van der Waals surface area contributed by atoms with E-state index in [-0.39, 0.29) is 0 Å². The number of fused-ring (bicyclic) bond motifs is 14. The molecule has 0 fully saturated rings. The van der Waals surface area contributed by atoms with Gasteiger partial charge in [0.25, 0.3) is 0 Å². The highest BCUT2D eigenvalue weighted by Crippen LogP contribution is 2.52. The van der Waals surface area contributed by atoms with Crippen molar-refractivity contribution in [3.8, 4) is 33.6 Å². The van der Waals surface area contributed by atoms with Crippen molar-refractivity contribution in [3.05, 3.63) is 180 Å². The van der Waals surface area contributed by atoms with Gasteiger partial charge in [0.05, 0.1) is 5.69 Å². The average molecular weight is 735 g/mol. The van der Waals surface area contributed by atoms with Gasteiger partial charge in [-0.1, -0.05) is 140 Å². The smallest absolute Gasteiger partial charge is 0.246 e. The Bertz CT molecular complexity index is 3340. The first kappa shape index (κ1) is 31.7. The first-order chi connectivity index (χ1) is 27.7. The van der Waals surface area contributed by atoms with E-state index in [1.807, 2.05) is 35.6 Å². The number of hydrogen-bond acceptors (Lipinski definition) is 4. The van der Waals surface area contributed by atoms with Gasteiger partial charge in [0.1, 0.15) is 16.8 Å². The summed E-state index contributed by atoms with van der Waals surface area (Å²) < 4.78 is 8.99. The number of aromatic nitrogens is 2. The molecular weight excluding hydrogens is 701 g/mol. The maximum Gasteiger partial charge on any atom is 0.246 e. The van der Waals surface area contributed by atoms with Gasteiger partial charge in [0.2, 0.25) is 5.71 Å². The maximum absolute atomic E-state index is 6.19. The summed E-state index contributed by atoms with van der Waals surface area (Å²) in [6, 6.07) is 59.4. The summed E-state index contributed by atoms with van der Waals surface area (Å²) in [6.45, 7) is 0. The zero-order chi connectivity index (χ0) is 36.7. The second-order valence-corrected chi connectivity index (χ2v) is 16.2. The van der Waals surface area contributed by atoms with Crippen molar-refractivity contribution < 1.29 is 4.42 Å². The predicted octanol–water partition coefficient (Wildman–Crippen LogP) is 14.3. The number of benzene rings is 8. The molecular formula is C52H34N2OS. The Labute approximate surface area is 327 Å². The molecule has 0 saturated heterocycles. The van der Waals surface area contributed by atoms with Crippen molar-refractivity contribution in [1.29, 1.82) is 0 Å². The van der Waals surface area contributed by atoms with Crippen LogP contribution in [0.2, 0.25) is 0 Å². The predicted molar refractivity (Wildman–Crippen MR) is 235 cm³/mol. The van der Waals surface area contributed by atoms with Gasteiger partial charge in [-0.2, -0.15) is 0 Å². The van der Waals surface area contributed by atoms with Crippen LogP contribution in [0.4, 0.5) is 0 Å². The summed E-state index contributed by atoms with van der Waals surface area (Å²) in [5.41, 5.74) is 13.0. The van der Waals surface area contributed by atoms with Crippen LogP contribution in [-0.4, -0.2) is 9.97 Å². The van der Waals surface area contributed by atoms with Crippen LogP contribution in [0.25, 0.3) is 97.6 Å². The van der Waals surface area contributed by atoms with E-state index in [2.05, 4.69) is 140 Å². The molecule has 8 aromatic carbocycles. The highest BCUT2D eigenvalue weighted by Gasteiger charge is 2.29. The Hall–Kier alpha value is -6.62. The summed E-state index contributed by atoms with van der Waals surface area (Å²) in [7, 11) is 0. The van der Waals surface area contributed by atoms with Crippen LogP contribution in [-0.2, 0) is 12.8 Å². The Morgan fingerprint density at radius 2 is 1.27 bits per heavy atom. The maximum atomic E-state index is 6.19. The lowest BCUT2D eigenvalue weighted by Crippen LogP contribution is -2.05. The van der Waals surface area contributed by atoms with Crippen LogP contribution < -0.4 is 0 Å². The lowest BCUT2D eigenvalue weighted by atomic mass is 9.82. The van der Waals surface area contributed by atoms with Crippen LogP contribution in [0.1, 0.15) is 29.0 Å². The lowest BCUT2D eigenvalue weighted by molar-refractivity contribution is 0.633. The highest BCUT2D eigenvalue weighted by molar-refractivity contribution is 7.26. The molecule has 0 N–H and O–H groups in total. The molecule has 56 heavy (non-hydrogen) atoms. The van der Waals surface area contributed by atoms with Gasteiger partial charge in [-0.25, -0.2) is 9.97 Å². The van der Waals surface area contributed by atoms with Gasteiger partial charge in [-0.05, 0) is 98.8 Å². The van der Waals surface area contributed by atoms with E-state index in [9.17, 15) is 0 Å². The Morgan fingerprint density at radius 3 is 2.12 bits per heavy atom. The summed E-state index contributed by atoms with van der Waals surface area (Å²) in [5.74, 6) is 0.339. The summed E-state index contributed by atoms with van der Waals surface area (Å²) in [5, 5.41) is 9.03. The van der Waals surface area contributed by atoms with Gasteiger partial charge >= 0.3 is 0 Å². The molecule has 0 spiro atoms. The van der Waals surface area contributed by atoms with Crippen molar-refractivity contribution in [1.82, 2.24) is 9.97 Å². The van der Waals surface area contributed by atoms with Crippen LogP contribution >= 0.6 is 11.3 Å². The third-order valence-electron chi connectivity index (χ3n) is 12.0. The molecule has 0 radical (unpaired) electrons. The molecule has 0 saturated carbocycles. The van der Waals surface area contributed by atoms with Gasteiger partial charge in [0, 0.05) is 36.7 Å². The molecule has 1 atom stereocenters. The fraction of sp³-hybridized carbons (Fsp3) is 0.0769. The van der Waals surface area contributed by atoms with Gasteiger partial charge in [0.15, 0.2) is 0 Å². The largest absolute Gasteiger partial charge is 0.436 e. The number of nitrogens with zero attached hydrogens (tertiary/aromatic N) is 2. The second-order valence-electron chi connectivity index (χ2n) is 15.2. The van der Waals surface area contributed by atoms with Crippen molar-refractivity contribution in [2.45, 2.75) is 25.2 Å². The monoisotopic (exact) mass is 734 g/mol. The van der Waals surface area contributed by atoms with E-state index in [0.29, 0.717) is 11.6 Å². The third kappa shape index (κ3) is 4.89. The van der Waals surface area contributed by atoms with E-state index in [1.165, 1.54) is 69.5 Å². The van der Waals surface area contributed by atoms with E-state index in [4.69, 9.17) is 14.4 Å². The normalized spacial score (nSPS) is 14.2. The number of furan rings is 1. The zero-order valence-corrected chi connectivity index (χ0v) is 31.3. The average Bonchev–Trinajstić information content (AvgIpc) is 3.76. The number of hydrogen-bond donors (Lipinski definition) is 0. The molecule has 264 valence electrons. The molecule has 0 aliphatic heterocycles. The molecule has 3 aromatic heterocycles. The molecule has 4 heteroatoms. The highest BCUT2D eigenvalue weighted by atomic mass is 32.1. The Kier molecular flexibility index (Phi) is 7.05. The van der Waals surface area contributed by atoms with Crippen LogP contribution in [0, 0.1) is 0 Å². The van der Waals surface area contributed by atoms with Crippen molar-refractivity contribution in [3.63, 3.8) is 0 Å². The molecule has 0 amide bonds. The summed E-state index contributed by atoms with van der Waals surface area (Å²) in [6.07, 6.45) is 3.09. The molecule has 0 bridgehead atoms. The molecule has 1 aliphatic carbocycles. The SMILES string of the molecule is c1ccc(-c2nc3oc4ccccc4c3nc2-c2ccc(C[C@@H]3CCc4ccccc4-c4c3c3sc5cc6ccccc6cc5c3c3ccccc43)cc2)cc1. The first-order valence-electron chi connectivity index (χ1n) is 19.5. The number of thiophene rings is 1. The third-order valence-corrected chi connectivity index (χ3v) is 13.1. The minimum atomic E-state index is 0.339. The standard InChI is InChI=1S/C52H34N2OS/c1-2-13-33(14-3-1)49-48(53-50-41-20-10-11-21-43(41)55-52(50)54-49)34-24-22-31(23-25-34)28-37-27-26-32-12-6-7-17-38(32)46-39-18-8-9-19-40(39)47-42-29-35-15-4-5-16-36(35)30-44(42)56-51(47)45(37)46/h1-25,29-30,37H,26-28H2/t37-/m0/s1. The van der Waals surface area contributed by atoms with Gasteiger partial charge in [-0.3, -0.25) is 0 Å². The number of rotatable bonds is 4. The molecule has 12 rings (SSSR count). The lowest BCUT2D eigenvalue weighted by Gasteiger charge is -2.22. The quantitative estimate of drug-likeness (QED) is 0.181. The van der Waals surface area contributed by atoms with Crippen molar-refractivity contribution in [2.75, 3.05) is 0 Å². The molecule has 1 aliphatic rings. The topological polar surface area (TPSA) is 38.9 Å². The van der Waals surface area contributed by atoms with E-state index in [1.54, 1.807) is 0 Å². The number of aryl methyl sites for hydroxylation is 1. The molecule has 11 aromatic rings. The fourth-order valence-electron chi connectivity index (χ4n) is 9.36. The first-order valence-corrected chi connectivity index (χ1v) is 20.3. The van der Waals surface area contributed by atoms with Gasteiger partial charge in [-0.15, -0.1) is 11.3 Å². The summed E-state index contributed by atoms with van der Waals surface area (Å²) in [4.78, 5) is 10.4. The van der Waals surface area contributed by atoms with E-state index in [0.717, 1.165) is 58.3 Å². The second kappa shape index (κ2) is 12.5. The Morgan fingerprint density at radius 1 is 0.589 bits per heavy atom. The van der Waals surface area contributed by atoms with Crippen molar-refractivity contribution >= 4 is 75.3 Å². The van der Waals surface area contributed by atoms with Gasteiger partial charge < -0.3 is 4.42 Å². The molecule has 3 nitrogen and oxygen atoms in total. The fourth-order valence-corrected chi connectivity index (χ4v) is 10.7. The van der Waals surface area contributed by atoms with Crippen LogP contribution in [0.5, 0.6) is 0 Å². The zero-order valence-electron chi connectivity index (χ0n) is 30.5. The van der Waals surface area contributed by atoms with E-state index >= 15 is 0 Å². The molecule has 0 unspecified atom stereocenters.